The minimum absolute atomic E-state index is 0.0180. The maximum absolute atomic E-state index is 11.9. The summed E-state index contributed by atoms with van der Waals surface area (Å²) in [5.41, 5.74) is 0.919. The smallest absolute Gasteiger partial charge is 0.248 e. The van der Waals surface area contributed by atoms with Crippen molar-refractivity contribution in [2.75, 3.05) is 13.2 Å². The summed E-state index contributed by atoms with van der Waals surface area (Å²) in [6.07, 6.45) is 6.07. The molecule has 0 spiro atoms. The molecule has 1 N–H and O–H groups in total. The van der Waals surface area contributed by atoms with Gasteiger partial charge >= 0.3 is 0 Å². The molecule has 1 saturated carbocycles. The van der Waals surface area contributed by atoms with E-state index in [-0.39, 0.29) is 5.91 Å². The Bertz CT molecular complexity index is 656. The van der Waals surface area contributed by atoms with Crippen LogP contribution in [0.3, 0.4) is 0 Å². The van der Waals surface area contributed by atoms with Crippen LogP contribution in [0.15, 0.2) is 21.2 Å². The Morgan fingerprint density at radius 2 is 2.28 bits per heavy atom. The van der Waals surface area contributed by atoms with Crippen molar-refractivity contribution >= 4 is 17.2 Å². The van der Waals surface area contributed by atoms with Gasteiger partial charge in [0.05, 0.1) is 12.7 Å². The zero-order chi connectivity index (χ0) is 17.5. The van der Waals surface area contributed by atoms with Gasteiger partial charge in [0.1, 0.15) is 0 Å². The molecule has 7 heteroatoms. The average molecular weight is 363 g/mol. The first-order chi connectivity index (χ1) is 12.2. The van der Waals surface area contributed by atoms with Gasteiger partial charge in [0, 0.05) is 30.3 Å². The van der Waals surface area contributed by atoms with E-state index < -0.39 is 0 Å². The molecular weight excluding hydrogens is 338 g/mol. The maximum atomic E-state index is 11.9. The molecule has 0 aromatic carbocycles. The molecule has 0 saturated heterocycles. The van der Waals surface area contributed by atoms with Crippen LogP contribution in [-0.4, -0.2) is 35.4 Å². The fraction of sp³-hybridized carbons (Fsp3) is 0.611. The fourth-order valence-electron chi connectivity index (χ4n) is 3.10. The summed E-state index contributed by atoms with van der Waals surface area (Å²) < 4.78 is 11.5. The summed E-state index contributed by atoms with van der Waals surface area (Å²) >= 11 is 1.58. The van der Waals surface area contributed by atoms with Gasteiger partial charge in [-0.3, -0.25) is 4.79 Å². The van der Waals surface area contributed by atoms with E-state index in [0.29, 0.717) is 49.8 Å². The number of aryl methyl sites for hydroxylation is 1. The predicted molar refractivity (Wildman–Crippen MR) is 96.3 cm³/mol. The van der Waals surface area contributed by atoms with Gasteiger partial charge in [-0.25, -0.2) is 0 Å². The number of nitrogens with zero attached hydrogens (tertiary/aromatic N) is 2. The second-order valence-corrected chi connectivity index (χ2v) is 7.31. The number of amides is 1. The van der Waals surface area contributed by atoms with Crippen molar-refractivity contribution < 1.29 is 13.9 Å². The summed E-state index contributed by atoms with van der Waals surface area (Å²) in [6.45, 7) is 3.37. The van der Waals surface area contributed by atoms with E-state index in [2.05, 4.69) is 22.4 Å². The molecule has 2 aromatic heterocycles. The monoisotopic (exact) mass is 363 g/mol. The van der Waals surface area contributed by atoms with Crippen molar-refractivity contribution in [1.82, 2.24) is 15.5 Å². The van der Waals surface area contributed by atoms with Gasteiger partial charge in [-0.2, -0.15) is 11.3 Å². The van der Waals surface area contributed by atoms with Gasteiger partial charge in [0.15, 0.2) is 0 Å². The van der Waals surface area contributed by atoms with Crippen LogP contribution < -0.4 is 5.32 Å². The second-order valence-electron chi connectivity index (χ2n) is 6.53. The first-order valence-electron chi connectivity index (χ1n) is 8.95. The van der Waals surface area contributed by atoms with Crippen molar-refractivity contribution in [2.24, 2.45) is 5.92 Å². The molecule has 1 aliphatic rings. The number of hydrogen-bond acceptors (Lipinski definition) is 6. The van der Waals surface area contributed by atoms with Crippen LogP contribution in [0.4, 0.5) is 0 Å². The lowest BCUT2D eigenvalue weighted by Gasteiger charge is -2.28. The minimum Gasteiger partial charge on any atom is -0.421 e. The Hall–Kier alpha value is -1.73. The molecule has 1 amide bonds. The number of hydrogen-bond donors (Lipinski definition) is 1. The van der Waals surface area contributed by atoms with Crippen LogP contribution in [-0.2, 0) is 16.0 Å². The number of carbonyl (C=O) groups is 1. The SMILES string of the molecule is CC1CCCCC1OCCNC(=O)CCc1nnc(-c2ccsc2)o1. The van der Waals surface area contributed by atoms with E-state index >= 15 is 0 Å². The highest BCUT2D eigenvalue weighted by molar-refractivity contribution is 7.08. The van der Waals surface area contributed by atoms with Gasteiger partial charge in [-0.15, -0.1) is 10.2 Å². The quantitative estimate of drug-likeness (QED) is 0.727. The fourth-order valence-corrected chi connectivity index (χ4v) is 3.73. The summed E-state index contributed by atoms with van der Waals surface area (Å²) in [5.74, 6) is 1.60. The maximum Gasteiger partial charge on any atom is 0.248 e. The van der Waals surface area contributed by atoms with Crippen LogP contribution in [0, 0.1) is 5.92 Å². The lowest BCUT2D eigenvalue weighted by atomic mass is 9.88. The molecule has 0 aliphatic heterocycles. The molecule has 6 nitrogen and oxygen atoms in total. The van der Waals surface area contributed by atoms with Crippen molar-refractivity contribution in [3.8, 4) is 11.5 Å². The van der Waals surface area contributed by atoms with Crippen LogP contribution in [0.25, 0.3) is 11.5 Å². The lowest BCUT2D eigenvalue weighted by Crippen LogP contribution is -2.31. The number of rotatable bonds is 8. The molecule has 2 heterocycles. The standard InChI is InChI=1S/C18H25N3O3S/c1-13-4-2-3-5-15(13)23-10-9-19-16(22)6-7-17-20-21-18(24-17)14-8-11-25-12-14/h8,11-13,15H,2-7,9-10H2,1H3,(H,19,22). The van der Waals surface area contributed by atoms with Crippen molar-refractivity contribution in [1.29, 1.82) is 0 Å². The van der Waals surface area contributed by atoms with E-state index in [0.717, 1.165) is 12.0 Å². The highest BCUT2D eigenvalue weighted by Gasteiger charge is 2.21. The van der Waals surface area contributed by atoms with Crippen molar-refractivity contribution in [2.45, 2.75) is 51.6 Å². The predicted octanol–water partition coefficient (Wildman–Crippen LogP) is 3.44. The van der Waals surface area contributed by atoms with Crippen LogP contribution in [0.1, 0.15) is 44.9 Å². The molecular formula is C18H25N3O3S. The Balaban J connectivity index is 1.32. The molecule has 2 aromatic rings. The zero-order valence-electron chi connectivity index (χ0n) is 14.6. The van der Waals surface area contributed by atoms with E-state index in [1.807, 2.05) is 16.8 Å². The molecule has 2 unspecified atom stereocenters. The van der Waals surface area contributed by atoms with Crippen LogP contribution >= 0.6 is 11.3 Å². The number of ether oxygens (including phenoxy) is 1. The van der Waals surface area contributed by atoms with Gasteiger partial charge in [-0.05, 0) is 30.2 Å². The van der Waals surface area contributed by atoms with Crippen LogP contribution in [0.2, 0.25) is 0 Å². The third kappa shape index (κ3) is 5.37. The summed E-state index contributed by atoms with van der Waals surface area (Å²) in [6, 6.07) is 1.93. The Morgan fingerprint density at radius 1 is 1.40 bits per heavy atom. The summed E-state index contributed by atoms with van der Waals surface area (Å²) in [4.78, 5) is 11.9. The van der Waals surface area contributed by atoms with E-state index in [4.69, 9.17) is 9.15 Å². The zero-order valence-corrected chi connectivity index (χ0v) is 15.4. The number of thiophene rings is 1. The minimum atomic E-state index is -0.0180. The number of nitrogens with one attached hydrogen (secondary N) is 1. The molecule has 2 atom stereocenters. The Labute approximate surface area is 152 Å². The van der Waals surface area contributed by atoms with E-state index in [1.165, 1.54) is 19.3 Å². The Morgan fingerprint density at radius 3 is 3.08 bits per heavy atom. The molecule has 25 heavy (non-hydrogen) atoms. The third-order valence-corrected chi connectivity index (χ3v) is 5.27. The Kier molecular flexibility index (Phi) is 6.58. The van der Waals surface area contributed by atoms with Gasteiger partial charge < -0.3 is 14.5 Å². The highest BCUT2D eigenvalue weighted by Crippen LogP contribution is 2.26. The first kappa shape index (κ1) is 18.1. The van der Waals surface area contributed by atoms with E-state index in [9.17, 15) is 4.79 Å². The molecule has 3 rings (SSSR count). The molecule has 136 valence electrons. The van der Waals surface area contributed by atoms with Gasteiger partial charge in [-0.1, -0.05) is 19.8 Å². The number of carbonyl (C=O) groups excluding carboxylic acids is 1. The molecule has 0 bridgehead atoms. The summed E-state index contributed by atoms with van der Waals surface area (Å²) in [5, 5.41) is 14.8. The van der Waals surface area contributed by atoms with Gasteiger partial charge in [0.2, 0.25) is 17.7 Å². The number of aromatic nitrogens is 2. The summed E-state index contributed by atoms with van der Waals surface area (Å²) in [7, 11) is 0. The largest absolute Gasteiger partial charge is 0.421 e. The third-order valence-electron chi connectivity index (χ3n) is 4.59. The average Bonchev–Trinajstić information content (AvgIpc) is 3.29. The molecule has 1 aliphatic carbocycles. The second kappa shape index (κ2) is 9.10. The van der Waals surface area contributed by atoms with Crippen LogP contribution in [0.5, 0.6) is 0 Å². The van der Waals surface area contributed by atoms with E-state index in [1.54, 1.807) is 11.3 Å². The normalized spacial score (nSPS) is 20.5. The lowest BCUT2D eigenvalue weighted by molar-refractivity contribution is -0.121. The highest BCUT2D eigenvalue weighted by atomic mass is 32.1. The first-order valence-corrected chi connectivity index (χ1v) is 9.90. The van der Waals surface area contributed by atoms with Crippen molar-refractivity contribution in [3.63, 3.8) is 0 Å². The topological polar surface area (TPSA) is 77.2 Å². The molecule has 1 fully saturated rings. The molecule has 0 radical (unpaired) electrons. The van der Waals surface area contributed by atoms with Gasteiger partial charge in [0.25, 0.3) is 0 Å². The van der Waals surface area contributed by atoms with Crippen molar-refractivity contribution in [3.05, 3.63) is 22.7 Å².